The first-order valence-corrected chi connectivity index (χ1v) is 10.6. The van der Waals surface area contributed by atoms with Crippen LogP contribution in [0.25, 0.3) is 0 Å². The first kappa shape index (κ1) is 19.6. The van der Waals surface area contributed by atoms with E-state index in [4.69, 9.17) is 5.73 Å². The van der Waals surface area contributed by atoms with Gasteiger partial charge in [0.15, 0.2) is 0 Å². The zero-order valence-corrected chi connectivity index (χ0v) is 16.8. The molecule has 3 N–H and O–H groups in total. The van der Waals surface area contributed by atoms with Crippen LogP contribution in [0.15, 0.2) is 54.6 Å². The Bertz CT molecular complexity index is 857. The average molecular weight is 392 g/mol. The number of anilines is 1. The van der Waals surface area contributed by atoms with Gasteiger partial charge in [0.2, 0.25) is 5.91 Å². The van der Waals surface area contributed by atoms with E-state index in [2.05, 4.69) is 17.4 Å². The van der Waals surface area contributed by atoms with Gasteiger partial charge in [0.25, 0.3) is 5.91 Å². The van der Waals surface area contributed by atoms with Gasteiger partial charge >= 0.3 is 0 Å². The summed E-state index contributed by atoms with van der Waals surface area (Å²) >= 11 is 0. The SMILES string of the molecule is NC1(C(=O)Nc2ccc(C(=O)N3CCCC3c3ccccc3)cc2)CCCCC1. The molecule has 2 amide bonds. The maximum Gasteiger partial charge on any atom is 0.254 e. The number of nitrogens with two attached hydrogens (primary N) is 1. The maximum atomic E-state index is 13.1. The van der Waals surface area contributed by atoms with Crippen LogP contribution in [0.1, 0.15) is 66.9 Å². The predicted octanol–water partition coefficient (Wildman–Crippen LogP) is 4.26. The van der Waals surface area contributed by atoms with E-state index in [9.17, 15) is 9.59 Å². The van der Waals surface area contributed by atoms with Crippen LogP contribution in [0, 0.1) is 0 Å². The van der Waals surface area contributed by atoms with Crippen molar-refractivity contribution in [1.82, 2.24) is 4.90 Å². The molecule has 2 fully saturated rings. The topological polar surface area (TPSA) is 75.4 Å². The number of carbonyl (C=O) groups is 2. The number of carbonyl (C=O) groups excluding carboxylic acids is 2. The third-order valence-electron chi connectivity index (χ3n) is 6.29. The van der Waals surface area contributed by atoms with Gasteiger partial charge in [-0.2, -0.15) is 0 Å². The summed E-state index contributed by atoms with van der Waals surface area (Å²) in [6.07, 6.45) is 6.59. The minimum atomic E-state index is -0.773. The summed E-state index contributed by atoms with van der Waals surface area (Å²) in [5, 5.41) is 2.93. The molecule has 0 aromatic heterocycles. The fraction of sp³-hybridized carbons (Fsp3) is 0.417. The number of rotatable bonds is 4. The highest BCUT2D eigenvalue weighted by Crippen LogP contribution is 2.33. The number of nitrogens with one attached hydrogen (secondary N) is 1. The molecule has 0 bridgehead atoms. The molecule has 2 aromatic carbocycles. The van der Waals surface area contributed by atoms with Crippen molar-refractivity contribution < 1.29 is 9.59 Å². The van der Waals surface area contributed by atoms with Crippen LogP contribution in [-0.4, -0.2) is 28.8 Å². The zero-order valence-electron chi connectivity index (χ0n) is 16.8. The highest BCUT2D eigenvalue weighted by Gasteiger charge is 2.35. The molecule has 1 unspecified atom stereocenters. The minimum Gasteiger partial charge on any atom is -0.332 e. The second kappa shape index (κ2) is 8.37. The lowest BCUT2D eigenvalue weighted by atomic mass is 9.82. The van der Waals surface area contributed by atoms with Gasteiger partial charge in [-0.25, -0.2) is 0 Å². The average Bonchev–Trinajstić information content (AvgIpc) is 3.25. The lowest BCUT2D eigenvalue weighted by molar-refractivity contribution is -0.122. The molecule has 29 heavy (non-hydrogen) atoms. The molecule has 2 aromatic rings. The van der Waals surface area contributed by atoms with Gasteiger partial charge in [0.05, 0.1) is 11.6 Å². The molecule has 0 radical (unpaired) electrons. The number of nitrogens with zero attached hydrogens (tertiary/aromatic N) is 1. The van der Waals surface area contributed by atoms with Crippen molar-refractivity contribution in [2.45, 2.75) is 56.5 Å². The van der Waals surface area contributed by atoms with Crippen molar-refractivity contribution in [3.05, 3.63) is 65.7 Å². The summed E-state index contributed by atoms with van der Waals surface area (Å²) < 4.78 is 0. The summed E-state index contributed by atoms with van der Waals surface area (Å²) in [6, 6.07) is 17.5. The molecule has 1 saturated heterocycles. The lowest BCUT2D eigenvalue weighted by Gasteiger charge is -2.31. The van der Waals surface area contributed by atoms with Crippen LogP contribution in [0.4, 0.5) is 5.69 Å². The Balaban J connectivity index is 1.43. The number of hydrogen-bond acceptors (Lipinski definition) is 3. The van der Waals surface area contributed by atoms with Crippen molar-refractivity contribution in [3.8, 4) is 0 Å². The summed E-state index contributed by atoms with van der Waals surface area (Å²) in [6.45, 7) is 0.770. The molecule has 1 aliphatic carbocycles. The Morgan fingerprint density at radius 1 is 0.931 bits per heavy atom. The van der Waals surface area contributed by atoms with Gasteiger partial charge in [-0.3, -0.25) is 9.59 Å². The largest absolute Gasteiger partial charge is 0.332 e. The van der Waals surface area contributed by atoms with Crippen LogP contribution in [0.2, 0.25) is 0 Å². The molecular weight excluding hydrogens is 362 g/mol. The highest BCUT2D eigenvalue weighted by atomic mass is 16.2. The molecule has 152 valence electrons. The second-order valence-corrected chi connectivity index (χ2v) is 8.32. The third kappa shape index (κ3) is 4.20. The van der Waals surface area contributed by atoms with Gasteiger partial charge < -0.3 is 16.0 Å². The molecule has 4 rings (SSSR count). The summed E-state index contributed by atoms with van der Waals surface area (Å²) in [5.74, 6) is -0.0863. The van der Waals surface area contributed by atoms with E-state index in [0.29, 0.717) is 11.3 Å². The fourth-order valence-electron chi connectivity index (χ4n) is 4.56. The van der Waals surface area contributed by atoms with E-state index in [1.165, 1.54) is 5.56 Å². The first-order valence-electron chi connectivity index (χ1n) is 10.6. The van der Waals surface area contributed by atoms with E-state index in [0.717, 1.165) is 51.5 Å². The number of amides is 2. The summed E-state index contributed by atoms with van der Waals surface area (Å²) in [4.78, 5) is 27.6. The Labute approximate surface area is 172 Å². The summed E-state index contributed by atoms with van der Waals surface area (Å²) in [7, 11) is 0. The van der Waals surface area contributed by atoms with Gasteiger partial charge in [-0.05, 0) is 55.5 Å². The molecular formula is C24H29N3O2. The van der Waals surface area contributed by atoms with Crippen molar-refractivity contribution in [3.63, 3.8) is 0 Å². The van der Waals surface area contributed by atoms with Crippen molar-refractivity contribution in [1.29, 1.82) is 0 Å². The Morgan fingerprint density at radius 3 is 2.31 bits per heavy atom. The van der Waals surface area contributed by atoms with Crippen molar-refractivity contribution in [2.75, 3.05) is 11.9 Å². The summed E-state index contributed by atoms with van der Waals surface area (Å²) in [5.41, 5.74) is 8.05. The van der Waals surface area contributed by atoms with Crippen LogP contribution >= 0.6 is 0 Å². The monoisotopic (exact) mass is 391 g/mol. The van der Waals surface area contributed by atoms with Crippen molar-refractivity contribution in [2.24, 2.45) is 5.73 Å². The maximum absolute atomic E-state index is 13.1. The fourth-order valence-corrected chi connectivity index (χ4v) is 4.56. The van der Waals surface area contributed by atoms with E-state index < -0.39 is 5.54 Å². The van der Waals surface area contributed by atoms with Crippen molar-refractivity contribution >= 4 is 17.5 Å². The smallest absolute Gasteiger partial charge is 0.254 e. The molecule has 0 spiro atoms. The zero-order chi connectivity index (χ0) is 20.3. The van der Waals surface area contributed by atoms with Crippen LogP contribution < -0.4 is 11.1 Å². The molecule has 1 aliphatic heterocycles. The normalized spacial score (nSPS) is 21.0. The molecule has 5 nitrogen and oxygen atoms in total. The molecule has 1 atom stereocenters. The number of likely N-dealkylation sites (tertiary alicyclic amines) is 1. The standard InChI is InChI=1S/C24H29N3O2/c25-24(15-5-2-6-16-24)23(29)26-20-13-11-19(12-14-20)22(28)27-17-7-10-21(27)18-8-3-1-4-9-18/h1,3-4,8-9,11-14,21H,2,5-7,10,15-17,25H2,(H,26,29). The molecule has 1 saturated carbocycles. The Hall–Kier alpha value is -2.66. The number of benzene rings is 2. The highest BCUT2D eigenvalue weighted by molar-refractivity contribution is 5.99. The van der Waals surface area contributed by atoms with Gasteiger partial charge in [-0.15, -0.1) is 0 Å². The minimum absolute atomic E-state index is 0.0387. The van der Waals surface area contributed by atoms with Gasteiger partial charge in [0, 0.05) is 17.8 Å². The predicted molar refractivity (Wildman–Crippen MR) is 115 cm³/mol. The third-order valence-corrected chi connectivity index (χ3v) is 6.29. The Kier molecular flexibility index (Phi) is 5.67. The second-order valence-electron chi connectivity index (χ2n) is 8.32. The van der Waals surface area contributed by atoms with Crippen LogP contribution in [0.5, 0.6) is 0 Å². The quantitative estimate of drug-likeness (QED) is 0.817. The van der Waals surface area contributed by atoms with E-state index in [1.807, 2.05) is 23.1 Å². The van der Waals surface area contributed by atoms with E-state index in [1.54, 1.807) is 24.3 Å². The van der Waals surface area contributed by atoms with Crippen LogP contribution in [-0.2, 0) is 4.79 Å². The molecule has 1 heterocycles. The van der Waals surface area contributed by atoms with Gasteiger partial charge in [0.1, 0.15) is 0 Å². The number of hydrogen-bond donors (Lipinski definition) is 2. The van der Waals surface area contributed by atoms with Crippen LogP contribution in [0.3, 0.4) is 0 Å². The van der Waals surface area contributed by atoms with Gasteiger partial charge in [-0.1, -0.05) is 49.6 Å². The molecule has 5 heteroatoms. The lowest BCUT2D eigenvalue weighted by Crippen LogP contribution is -2.52. The molecule has 2 aliphatic rings. The first-order chi connectivity index (χ1) is 14.1. The van der Waals surface area contributed by atoms with E-state index in [-0.39, 0.29) is 17.9 Å². The Morgan fingerprint density at radius 2 is 1.62 bits per heavy atom. The van der Waals surface area contributed by atoms with E-state index >= 15 is 0 Å².